The van der Waals surface area contributed by atoms with E-state index in [9.17, 15) is 14.7 Å². The molecule has 0 amide bonds. The van der Waals surface area contributed by atoms with Crippen molar-refractivity contribution in [3.63, 3.8) is 0 Å². The van der Waals surface area contributed by atoms with E-state index in [1.54, 1.807) is 5.57 Å². The Kier molecular flexibility index (Phi) is 7.40. The SMILES string of the molecule is CC(C)CCC[C@@H](C)[C@H]1CCC2C3CC=C4CC(C(=O)C5C6CCC(C6)C5C(=O)O)CC[C@]4(C)C3CC[C@@]21C. The van der Waals surface area contributed by atoms with Gasteiger partial charge < -0.3 is 5.11 Å². The molecule has 0 saturated heterocycles. The molecule has 2 bridgehead atoms. The summed E-state index contributed by atoms with van der Waals surface area (Å²) < 4.78 is 0. The van der Waals surface area contributed by atoms with Gasteiger partial charge in [0.25, 0.3) is 0 Å². The molecule has 5 fully saturated rings. The first-order valence-electron chi connectivity index (χ1n) is 17.0. The topological polar surface area (TPSA) is 54.4 Å². The Labute approximate surface area is 238 Å². The van der Waals surface area contributed by atoms with Crippen LogP contribution in [0.5, 0.6) is 0 Å². The van der Waals surface area contributed by atoms with Crippen LogP contribution in [0.4, 0.5) is 0 Å². The lowest BCUT2D eigenvalue weighted by Gasteiger charge is -2.58. The summed E-state index contributed by atoms with van der Waals surface area (Å²) in [7, 11) is 0. The predicted molar refractivity (Wildman–Crippen MR) is 157 cm³/mol. The van der Waals surface area contributed by atoms with E-state index in [1.165, 1.54) is 51.4 Å². The number of allylic oxidation sites excluding steroid dienone is 2. The summed E-state index contributed by atoms with van der Waals surface area (Å²) in [5.41, 5.74) is 2.34. The molecule has 3 nitrogen and oxygen atoms in total. The highest BCUT2D eigenvalue weighted by Crippen LogP contribution is 2.68. The summed E-state index contributed by atoms with van der Waals surface area (Å²) in [6.45, 7) is 12.5. The molecule has 6 aliphatic carbocycles. The second-order valence-corrected chi connectivity index (χ2v) is 16.4. The molecule has 0 radical (unpaired) electrons. The van der Waals surface area contributed by atoms with Crippen LogP contribution in [0.25, 0.3) is 0 Å². The van der Waals surface area contributed by atoms with Crippen molar-refractivity contribution >= 4 is 11.8 Å². The molecular formula is C36H56O3. The molecule has 39 heavy (non-hydrogen) atoms. The molecule has 1 N–H and O–H groups in total. The monoisotopic (exact) mass is 536 g/mol. The molecule has 0 spiro atoms. The number of hydrogen-bond acceptors (Lipinski definition) is 2. The zero-order valence-corrected chi connectivity index (χ0v) is 25.6. The third-order valence-corrected chi connectivity index (χ3v) is 14.2. The van der Waals surface area contributed by atoms with Gasteiger partial charge in [-0.15, -0.1) is 0 Å². The summed E-state index contributed by atoms with van der Waals surface area (Å²) in [6, 6.07) is 0. The second-order valence-electron chi connectivity index (χ2n) is 16.4. The summed E-state index contributed by atoms with van der Waals surface area (Å²) in [5, 5.41) is 9.96. The summed E-state index contributed by atoms with van der Waals surface area (Å²) >= 11 is 0. The molecule has 5 saturated carbocycles. The molecule has 3 heteroatoms. The van der Waals surface area contributed by atoms with Gasteiger partial charge in [-0.05, 0) is 129 Å². The molecule has 0 aromatic carbocycles. The number of carboxylic acids is 1. The third kappa shape index (κ3) is 4.50. The van der Waals surface area contributed by atoms with Crippen LogP contribution in [-0.4, -0.2) is 16.9 Å². The van der Waals surface area contributed by atoms with E-state index >= 15 is 0 Å². The van der Waals surface area contributed by atoms with Gasteiger partial charge in [-0.3, -0.25) is 9.59 Å². The normalized spacial score (nSPS) is 47.3. The highest BCUT2D eigenvalue weighted by Gasteiger charge is 2.60. The van der Waals surface area contributed by atoms with E-state index in [0.717, 1.165) is 74.0 Å². The Balaban J connectivity index is 1.15. The quantitative estimate of drug-likeness (QED) is 0.315. The zero-order valence-electron chi connectivity index (χ0n) is 25.6. The standard InChI is InChI=1S/C36H56O3/c1-21(2)7-6-8-22(3)28-13-14-29-27-12-11-26-20-25(15-17-35(26,4)30(27)16-18-36(28,29)5)33(37)31-23-9-10-24(19-23)32(31)34(38)39/h11,21-25,27-32H,6-10,12-20H2,1-5H3,(H,38,39)/t22-,23?,24?,25?,27?,28-,29?,30?,31?,32?,35+,36-/m1/s1. The van der Waals surface area contributed by atoms with Crippen molar-refractivity contribution in [1.29, 1.82) is 0 Å². The Bertz CT molecular complexity index is 995. The van der Waals surface area contributed by atoms with Gasteiger partial charge >= 0.3 is 5.97 Å². The number of rotatable bonds is 8. The smallest absolute Gasteiger partial charge is 0.307 e. The third-order valence-electron chi connectivity index (χ3n) is 14.2. The van der Waals surface area contributed by atoms with Crippen LogP contribution in [0, 0.1) is 75.9 Å². The van der Waals surface area contributed by atoms with Crippen LogP contribution in [0.1, 0.15) is 125 Å². The number of hydrogen-bond donors (Lipinski definition) is 1. The number of fused-ring (bicyclic) bond motifs is 7. The minimum Gasteiger partial charge on any atom is -0.481 e. The van der Waals surface area contributed by atoms with E-state index in [4.69, 9.17) is 0 Å². The fourth-order valence-electron chi connectivity index (χ4n) is 12.3. The Morgan fingerprint density at radius 3 is 2.38 bits per heavy atom. The lowest BCUT2D eigenvalue weighted by atomic mass is 9.46. The van der Waals surface area contributed by atoms with Crippen molar-refractivity contribution in [3.8, 4) is 0 Å². The van der Waals surface area contributed by atoms with E-state index < -0.39 is 11.9 Å². The van der Waals surface area contributed by atoms with Crippen LogP contribution in [0.2, 0.25) is 0 Å². The number of carbonyl (C=O) groups excluding carboxylic acids is 1. The molecule has 0 heterocycles. The Morgan fingerprint density at radius 1 is 0.923 bits per heavy atom. The minimum absolute atomic E-state index is 0.0588. The van der Waals surface area contributed by atoms with Gasteiger partial charge in [0, 0.05) is 11.8 Å². The van der Waals surface area contributed by atoms with Gasteiger partial charge in [0.05, 0.1) is 5.92 Å². The number of carboxylic acid groups (broad SMARTS) is 1. The van der Waals surface area contributed by atoms with Crippen LogP contribution in [0.3, 0.4) is 0 Å². The van der Waals surface area contributed by atoms with Crippen molar-refractivity contribution in [2.75, 3.05) is 0 Å². The van der Waals surface area contributed by atoms with E-state index in [1.807, 2.05) is 0 Å². The highest BCUT2D eigenvalue weighted by atomic mass is 16.4. The number of aliphatic carboxylic acids is 1. The maximum absolute atomic E-state index is 13.9. The lowest BCUT2D eigenvalue weighted by Crippen LogP contribution is -2.51. The molecule has 6 aliphatic rings. The first kappa shape index (κ1) is 28.0. The first-order chi connectivity index (χ1) is 18.5. The Morgan fingerprint density at radius 2 is 1.67 bits per heavy atom. The molecule has 12 atom stereocenters. The maximum Gasteiger partial charge on any atom is 0.307 e. The molecule has 0 aromatic rings. The molecule has 0 aromatic heterocycles. The van der Waals surface area contributed by atoms with Crippen molar-refractivity contribution in [2.24, 2.45) is 75.9 Å². The lowest BCUT2D eigenvalue weighted by molar-refractivity contribution is -0.150. The van der Waals surface area contributed by atoms with E-state index in [-0.39, 0.29) is 23.2 Å². The number of carbonyl (C=O) groups is 2. The van der Waals surface area contributed by atoms with Gasteiger partial charge in [-0.2, -0.15) is 0 Å². The molecule has 6 rings (SSSR count). The fraction of sp³-hybridized carbons (Fsp3) is 0.889. The van der Waals surface area contributed by atoms with Crippen molar-refractivity contribution < 1.29 is 14.7 Å². The van der Waals surface area contributed by atoms with Gasteiger partial charge in [0.15, 0.2) is 0 Å². The summed E-state index contributed by atoms with van der Waals surface area (Å²) in [6.07, 6.45) is 19.7. The molecular weight excluding hydrogens is 480 g/mol. The number of Topliss-reactive ketones (excluding diaryl/α,β-unsaturated/α-hetero) is 1. The van der Waals surface area contributed by atoms with Crippen molar-refractivity contribution in [2.45, 2.75) is 125 Å². The zero-order chi connectivity index (χ0) is 27.7. The van der Waals surface area contributed by atoms with Crippen LogP contribution >= 0.6 is 0 Å². The van der Waals surface area contributed by atoms with Gasteiger partial charge in [-0.25, -0.2) is 0 Å². The average Bonchev–Trinajstić information content (AvgIpc) is 3.60. The molecule has 0 aliphatic heterocycles. The Hall–Kier alpha value is -1.12. The van der Waals surface area contributed by atoms with Crippen molar-refractivity contribution in [3.05, 3.63) is 11.6 Å². The summed E-state index contributed by atoms with van der Waals surface area (Å²) in [4.78, 5) is 26.0. The van der Waals surface area contributed by atoms with Crippen LogP contribution in [0.15, 0.2) is 11.6 Å². The highest BCUT2D eigenvalue weighted by molar-refractivity contribution is 5.89. The van der Waals surface area contributed by atoms with E-state index in [0.29, 0.717) is 17.1 Å². The second kappa shape index (κ2) is 10.3. The average molecular weight is 537 g/mol. The molecule has 218 valence electrons. The fourth-order valence-corrected chi connectivity index (χ4v) is 12.3. The molecule has 8 unspecified atom stereocenters. The largest absolute Gasteiger partial charge is 0.481 e. The van der Waals surface area contributed by atoms with E-state index in [2.05, 4.69) is 40.7 Å². The van der Waals surface area contributed by atoms with Gasteiger partial charge in [-0.1, -0.05) is 65.5 Å². The van der Waals surface area contributed by atoms with Crippen LogP contribution < -0.4 is 0 Å². The minimum atomic E-state index is -0.713. The first-order valence-corrected chi connectivity index (χ1v) is 17.0. The summed E-state index contributed by atoms with van der Waals surface area (Å²) in [5.74, 6) is 4.65. The maximum atomic E-state index is 13.9. The number of ketones is 1. The van der Waals surface area contributed by atoms with Gasteiger partial charge in [0.1, 0.15) is 5.78 Å². The van der Waals surface area contributed by atoms with Crippen molar-refractivity contribution in [1.82, 2.24) is 0 Å². The van der Waals surface area contributed by atoms with Gasteiger partial charge in [0.2, 0.25) is 0 Å². The van der Waals surface area contributed by atoms with Crippen LogP contribution in [-0.2, 0) is 9.59 Å². The predicted octanol–water partition coefficient (Wildman–Crippen LogP) is 8.96.